The number of aromatic hydroxyl groups is 1. The zero-order chi connectivity index (χ0) is 21.1. The molecule has 0 radical (unpaired) electrons. The summed E-state index contributed by atoms with van der Waals surface area (Å²) in [6, 6.07) is 10.5. The molecule has 10 heteroatoms. The van der Waals surface area contributed by atoms with Crippen molar-refractivity contribution in [2.75, 3.05) is 12.4 Å². The first-order valence-electron chi connectivity index (χ1n) is 8.10. The van der Waals surface area contributed by atoms with Crippen LogP contribution in [0.15, 0.2) is 52.9 Å². The van der Waals surface area contributed by atoms with Gasteiger partial charge in [0, 0.05) is 5.69 Å². The number of carboxylic acids is 1. The summed E-state index contributed by atoms with van der Waals surface area (Å²) in [7, 11) is 1.38. The number of hydrogen-bond acceptors (Lipinski definition) is 7. The van der Waals surface area contributed by atoms with E-state index in [-0.39, 0.29) is 34.0 Å². The second-order valence-electron chi connectivity index (χ2n) is 5.80. The van der Waals surface area contributed by atoms with E-state index in [1.54, 1.807) is 0 Å². The van der Waals surface area contributed by atoms with Crippen LogP contribution in [0.5, 0.6) is 11.5 Å². The molecule has 3 N–H and O–H groups in total. The third-order valence-corrected chi connectivity index (χ3v) is 3.98. The number of hydrogen-bond donors (Lipinski definition) is 3. The van der Waals surface area contributed by atoms with Crippen molar-refractivity contribution >= 4 is 23.3 Å². The molecule has 0 aliphatic heterocycles. The number of ether oxygens (including phenoxy) is 1. The lowest BCUT2D eigenvalue weighted by molar-refractivity contribution is -0.384. The Kier molecular flexibility index (Phi) is 5.17. The zero-order valence-corrected chi connectivity index (χ0v) is 14.9. The van der Waals surface area contributed by atoms with Crippen molar-refractivity contribution in [1.29, 1.82) is 0 Å². The summed E-state index contributed by atoms with van der Waals surface area (Å²) in [5, 5.41) is 32.3. The highest BCUT2D eigenvalue weighted by molar-refractivity contribution is 6.03. The summed E-state index contributed by atoms with van der Waals surface area (Å²) in [5.41, 5.74) is -0.349. The van der Waals surface area contributed by atoms with Gasteiger partial charge in [-0.3, -0.25) is 14.9 Å². The van der Waals surface area contributed by atoms with Crippen molar-refractivity contribution in [3.05, 3.63) is 70.0 Å². The molecular formula is C19H14N2O8. The maximum Gasteiger partial charge on any atom is 0.339 e. The number of methoxy groups -OCH3 is 1. The molecule has 0 aliphatic carbocycles. The van der Waals surface area contributed by atoms with Crippen molar-refractivity contribution < 1.29 is 33.9 Å². The minimum Gasteiger partial charge on any atom is -0.507 e. The number of carboxylic acid groups (broad SMARTS) is 1. The van der Waals surface area contributed by atoms with Gasteiger partial charge in [-0.2, -0.15) is 0 Å². The number of phenols is 1. The highest BCUT2D eigenvalue weighted by Gasteiger charge is 2.21. The predicted octanol–water partition coefficient (Wildman–Crippen LogP) is 3.52. The molecule has 0 unspecified atom stereocenters. The first-order chi connectivity index (χ1) is 13.8. The number of carbonyl (C=O) groups is 2. The van der Waals surface area contributed by atoms with E-state index >= 15 is 0 Å². The fourth-order valence-electron chi connectivity index (χ4n) is 2.58. The molecule has 0 fully saturated rings. The van der Waals surface area contributed by atoms with Crippen LogP contribution in [0.4, 0.5) is 11.4 Å². The Morgan fingerprint density at radius 2 is 1.90 bits per heavy atom. The van der Waals surface area contributed by atoms with E-state index in [0.717, 1.165) is 12.1 Å². The zero-order valence-electron chi connectivity index (χ0n) is 14.9. The van der Waals surface area contributed by atoms with Gasteiger partial charge in [-0.1, -0.05) is 0 Å². The summed E-state index contributed by atoms with van der Waals surface area (Å²) in [6.45, 7) is 0. The van der Waals surface area contributed by atoms with Gasteiger partial charge in [0.2, 0.25) is 0 Å². The summed E-state index contributed by atoms with van der Waals surface area (Å²) in [6.07, 6.45) is 0. The van der Waals surface area contributed by atoms with Crippen LogP contribution in [0, 0.1) is 10.1 Å². The molecule has 0 spiro atoms. The molecule has 1 amide bonds. The number of amides is 1. The topological polar surface area (TPSA) is 152 Å². The number of nitrogens with zero attached hydrogens (tertiary/aromatic N) is 1. The van der Waals surface area contributed by atoms with Gasteiger partial charge in [0.15, 0.2) is 5.76 Å². The van der Waals surface area contributed by atoms with E-state index in [0.29, 0.717) is 5.75 Å². The molecule has 3 rings (SSSR count). The van der Waals surface area contributed by atoms with Gasteiger partial charge < -0.3 is 24.7 Å². The average molecular weight is 398 g/mol. The van der Waals surface area contributed by atoms with Crippen molar-refractivity contribution in [3.63, 3.8) is 0 Å². The molecule has 0 aliphatic rings. The lowest BCUT2D eigenvalue weighted by Crippen LogP contribution is -2.11. The van der Waals surface area contributed by atoms with Gasteiger partial charge in [-0.15, -0.1) is 0 Å². The van der Waals surface area contributed by atoms with Crippen LogP contribution in [0.2, 0.25) is 0 Å². The van der Waals surface area contributed by atoms with E-state index in [1.165, 1.54) is 43.5 Å². The number of nitro benzene ring substituents is 1. The Labute approximate surface area is 163 Å². The third kappa shape index (κ3) is 4.00. The van der Waals surface area contributed by atoms with Crippen LogP contribution in [0.25, 0.3) is 11.3 Å². The molecule has 0 atom stereocenters. The fourth-order valence-corrected chi connectivity index (χ4v) is 2.58. The lowest BCUT2D eigenvalue weighted by Gasteiger charge is -2.06. The standard InChI is InChI=1S/C19H14N2O8/c1-28-11-3-4-12(14(9-11)21(26)27)16-6-7-17(29-16)18(23)20-10-2-5-15(22)13(8-10)19(24)25/h2-9,22H,1H3,(H,20,23)(H,24,25). The third-order valence-electron chi connectivity index (χ3n) is 3.98. The van der Waals surface area contributed by atoms with E-state index in [9.17, 15) is 24.8 Å². The molecule has 29 heavy (non-hydrogen) atoms. The Morgan fingerprint density at radius 3 is 2.55 bits per heavy atom. The van der Waals surface area contributed by atoms with E-state index < -0.39 is 22.5 Å². The second-order valence-corrected chi connectivity index (χ2v) is 5.80. The first-order valence-corrected chi connectivity index (χ1v) is 8.10. The molecule has 148 valence electrons. The number of furan rings is 1. The second kappa shape index (κ2) is 7.72. The normalized spacial score (nSPS) is 10.4. The number of benzene rings is 2. The van der Waals surface area contributed by atoms with Gasteiger partial charge in [-0.25, -0.2) is 4.79 Å². The highest BCUT2D eigenvalue weighted by Crippen LogP contribution is 2.34. The molecular weight excluding hydrogens is 384 g/mol. The number of aromatic carboxylic acids is 1. The van der Waals surface area contributed by atoms with Gasteiger partial charge in [-0.05, 0) is 42.5 Å². The number of nitrogens with one attached hydrogen (secondary N) is 1. The molecule has 2 aromatic carbocycles. The van der Waals surface area contributed by atoms with E-state index in [4.69, 9.17) is 14.3 Å². The van der Waals surface area contributed by atoms with Gasteiger partial charge in [0.1, 0.15) is 22.8 Å². The van der Waals surface area contributed by atoms with Gasteiger partial charge in [0.25, 0.3) is 11.6 Å². The van der Waals surface area contributed by atoms with Crippen LogP contribution in [-0.2, 0) is 0 Å². The quantitative estimate of drug-likeness (QED) is 0.324. The van der Waals surface area contributed by atoms with Crippen molar-refractivity contribution in [2.45, 2.75) is 0 Å². The van der Waals surface area contributed by atoms with E-state index in [1.807, 2.05) is 0 Å². The minimum atomic E-state index is -1.36. The summed E-state index contributed by atoms with van der Waals surface area (Å²) in [5.74, 6) is -2.24. The van der Waals surface area contributed by atoms with Crippen LogP contribution in [-0.4, -0.2) is 34.1 Å². The fraction of sp³-hybridized carbons (Fsp3) is 0.0526. The number of carbonyl (C=O) groups excluding carboxylic acids is 1. The van der Waals surface area contributed by atoms with Crippen molar-refractivity contribution in [2.24, 2.45) is 0 Å². The van der Waals surface area contributed by atoms with Crippen molar-refractivity contribution in [3.8, 4) is 22.8 Å². The smallest absolute Gasteiger partial charge is 0.339 e. The van der Waals surface area contributed by atoms with Crippen LogP contribution >= 0.6 is 0 Å². The average Bonchev–Trinajstić information content (AvgIpc) is 3.18. The molecule has 10 nitrogen and oxygen atoms in total. The Hall–Kier alpha value is -4.34. The first kappa shape index (κ1) is 19.4. The number of anilines is 1. The molecule has 0 bridgehead atoms. The summed E-state index contributed by atoms with van der Waals surface area (Å²) < 4.78 is 10.4. The lowest BCUT2D eigenvalue weighted by atomic mass is 10.1. The molecule has 3 aromatic rings. The highest BCUT2D eigenvalue weighted by atomic mass is 16.6. The maximum atomic E-state index is 12.4. The predicted molar refractivity (Wildman–Crippen MR) is 100 cm³/mol. The van der Waals surface area contributed by atoms with Crippen LogP contribution in [0.1, 0.15) is 20.9 Å². The molecule has 0 saturated carbocycles. The summed E-state index contributed by atoms with van der Waals surface area (Å²) >= 11 is 0. The minimum absolute atomic E-state index is 0.0986. The largest absolute Gasteiger partial charge is 0.507 e. The Morgan fingerprint density at radius 1 is 1.14 bits per heavy atom. The van der Waals surface area contributed by atoms with Crippen LogP contribution in [0.3, 0.4) is 0 Å². The molecule has 1 aromatic heterocycles. The van der Waals surface area contributed by atoms with Crippen LogP contribution < -0.4 is 10.1 Å². The number of rotatable bonds is 6. The Bertz CT molecular complexity index is 1120. The van der Waals surface area contributed by atoms with Gasteiger partial charge in [0.05, 0.1) is 23.7 Å². The molecule has 1 heterocycles. The molecule has 0 saturated heterocycles. The van der Waals surface area contributed by atoms with Crippen molar-refractivity contribution in [1.82, 2.24) is 0 Å². The number of nitro groups is 1. The van der Waals surface area contributed by atoms with Gasteiger partial charge >= 0.3 is 5.97 Å². The summed E-state index contributed by atoms with van der Waals surface area (Å²) in [4.78, 5) is 34.2. The van der Waals surface area contributed by atoms with E-state index in [2.05, 4.69) is 5.32 Å². The Balaban J connectivity index is 1.87. The SMILES string of the molecule is COc1ccc(-c2ccc(C(=O)Nc3ccc(O)c(C(=O)O)c3)o2)c([N+](=O)[O-])c1. The maximum absolute atomic E-state index is 12.4. The monoisotopic (exact) mass is 398 g/mol.